The van der Waals surface area contributed by atoms with Crippen LogP contribution in [-0.2, 0) is 31.9 Å². The fourth-order valence-electron chi connectivity index (χ4n) is 12.7. The molecule has 14 rings (SSSR count). The molecule has 0 saturated heterocycles. The summed E-state index contributed by atoms with van der Waals surface area (Å²) in [4.78, 5) is 9.72. The van der Waals surface area contributed by atoms with Gasteiger partial charge in [0, 0.05) is 72.5 Å². The Morgan fingerprint density at radius 3 is 1.80 bits per heavy atom. The van der Waals surface area contributed by atoms with Gasteiger partial charge in [-0.05, 0) is 125 Å². The van der Waals surface area contributed by atoms with Crippen LogP contribution in [-0.4, -0.2) is 17.6 Å². The van der Waals surface area contributed by atoms with Gasteiger partial charge in [-0.25, -0.2) is 4.98 Å². The fourth-order valence-corrected chi connectivity index (χ4v) is 17.9. The number of fused-ring (bicyclic) bond motifs is 8. The fraction of sp³-hybridized carbons (Fsp3) is 0.120. The van der Waals surface area contributed by atoms with Crippen LogP contribution in [0.15, 0.2) is 237 Å². The SMILES string of the molecule is Cc1cc(-c2ccccc2)c(N2[CH-]N(c3[c-]c(Oc4[c-]c5c(cc4)c4c6c(ccc4n5-c4cc(C(C)(C)C)ccn4)[Si](c4ccccc4)(c4ccccc4)c4ccccc4-6)ccc3)c3ccccc32)c(-c2cccc(C(C)(C)C)c2)c1.[Pt]. The van der Waals surface area contributed by atoms with Crippen molar-refractivity contribution in [2.24, 2.45) is 0 Å². The third kappa shape index (κ3) is 8.74. The normalized spacial score (nSPS) is 13.5. The Kier molecular flexibility index (Phi) is 13.2. The summed E-state index contributed by atoms with van der Waals surface area (Å²) in [6.07, 6.45) is 1.95. The van der Waals surface area contributed by atoms with Gasteiger partial charge in [-0.15, -0.1) is 48.1 Å². The first-order valence-corrected chi connectivity index (χ1v) is 30.1. The number of ether oxygens (including phenoxy) is 1. The largest absolute Gasteiger partial charge is 0.509 e. The van der Waals surface area contributed by atoms with Crippen molar-refractivity contribution in [1.82, 2.24) is 9.55 Å². The minimum atomic E-state index is -2.78. The molecule has 2 aromatic heterocycles. The van der Waals surface area contributed by atoms with Gasteiger partial charge in [0.15, 0.2) is 8.07 Å². The summed E-state index contributed by atoms with van der Waals surface area (Å²) in [5.74, 6) is 2.01. The Bertz CT molecular complexity index is 4370. The van der Waals surface area contributed by atoms with E-state index < -0.39 is 8.07 Å². The molecule has 2 aliphatic heterocycles. The van der Waals surface area contributed by atoms with E-state index in [-0.39, 0.29) is 31.9 Å². The summed E-state index contributed by atoms with van der Waals surface area (Å²) in [5.41, 5.74) is 16.9. The van der Waals surface area contributed by atoms with Gasteiger partial charge in [-0.2, -0.15) is 12.1 Å². The van der Waals surface area contributed by atoms with Gasteiger partial charge in [0.2, 0.25) is 0 Å². The van der Waals surface area contributed by atoms with Crippen LogP contribution in [0.3, 0.4) is 0 Å². The summed E-state index contributed by atoms with van der Waals surface area (Å²) >= 11 is 0. The van der Waals surface area contributed by atoms with Crippen LogP contribution in [0.2, 0.25) is 0 Å². The zero-order valence-corrected chi connectivity index (χ0v) is 50.4. The van der Waals surface area contributed by atoms with E-state index in [1.165, 1.54) is 65.1 Å². The Morgan fingerprint density at radius 1 is 0.500 bits per heavy atom. The predicted molar refractivity (Wildman–Crippen MR) is 340 cm³/mol. The molecule has 0 saturated carbocycles. The van der Waals surface area contributed by atoms with E-state index in [0.29, 0.717) is 11.5 Å². The number of para-hydroxylation sites is 2. The number of aromatic nitrogens is 2. The Balaban J connectivity index is 0.00000631. The van der Waals surface area contributed by atoms with Crippen molar-refractivity contribution in [3.05, 3.63) is 272 Å². The average molecular weight is 1260 g/mol. The molecule has 0 atom stereocenters. The molecule has 0 fully saturated rings. The molecule has 0 aliphatic carbocycles. The van der Waals surface area contributed by atoms with Crippen molar-refractivity contribution >= 4 is 73.4 Å². The molecule has 82 heavy (non-hydrogen) atoms. The molecule has 4 heterocycles. The first kappa shape index (κ1) is 52.8. The zero-order chi connectivity index (χ0) is 55.2. The summed E-state index contributed by atoms with van der Waals surface area (Å²) in [6.45, 7) is 18.0. The first-order valence-electron chi connectivity index (χ1n) is 28.1. The third-order valence-corrected chi connectivity index (χ3v) is 21.4. The van der Waals surface area contributed by atoms with Crippen LogP contribution in [0, 0.1) is 25.7 Å². The number of hydrogen-bond donors (Lipinski definition) is 0. The smallest absolute Gasteiger partial charge is 0.180 e. The number of aryl methyl sites for hydroxylation is 1. The molecule has 10 aromatic carbocycles. The molecule has 0 spiro atoms. The molecule has 404 valence electrons. The zero-order valence-electron chi connectivity index (χ0n) is 47.1. The molecule has 7 heteroatoms. The van der Waals surface area contributed by atoms with Crippen LogP contribution < -0.4 is 35.3 Å². The van der Waals surface area contributed by atoms with Gasteiger partial charge in [-0.3, -0.25) is 0 Å². The van der Waals surface area contributed by atoms with Gasteiger partial charge in [-0.1, -0.05) is 205 Å². The molecule has 2 aliphatic rings. The van der Waals surface area contributed by atoms with E-state index in [4.69, 9.17) is 9.72 Å². The minimum absolute atomic E-state index is 0. The molecule has 0 bridgehead atoms. The van der Waals surface area contributed by atoms with E-state index >= 15 is 0 Å². The molecular weight excluding hydrogens is 1200 g/mol. The standard InChI is InChI=1S/C75H61N4OSi.Pt/c1-50-43-62(51-23-11-8-12-24-51)73(63(44-50)52-25-21-26-53(45-52)74(2,3)4)78-49-77(64-34-18-19-35-65(64)78)55-27-22-28-56(47-55)80-57-37-38-60-67(48-57)79(70-46-54(41-42-76-70)75(5,6)7)66-39-40-69-72(71(60)66)61-33-17-20-36-68(61)81(69,58-29-13-9-14-30-58)59-31-15-10-16-32-59;/h8-46,49H,1-7H3;/q-3;. The maximum absolute atomic E-state index is 6.96. The number of benzene rings is 10. The van der Waals surface area contributed by atoms with Crippen LogP contribution >= 0.6 is 0 Å². The second-order valence-corrected chi connectivity index (χ2v) is 27.5. The summed E-state index contributed by atoms with van der Waals surface area (Å²) in [5, 5.41) is 7.81. The van der Waals surface area contributed by atoms with Crippen LogP contribution in [0.1, 0.15) is 58.2 Å². The number of rotatable bonds is 9. The van der Waals surface area contributed by atoms with Crippen molar-refractivity contribution < 1.29 is 25.8 Å². The van der Waals surface area contributed by atoms with Crippen LogP contribution in [0.5, 0.6) is 11.5 Å². The monoisotopic (exact) mass is 1260 g/mol. The van der Waals surface area contributed by atoms with Crippen LogP contribution in [0.25, 0.3) is 61.0 Å². The number of anilines is 4. The first-order chi connectivity index (χ1) is 39.3. The number of hydrogen-bond acceptors (Lipinski definition) is 4. The second-order valence-electron chi connectivity index (χ2n) is 23.7. The van der Waals surface area contributed by atoms with Gasteiger partial charge in [0.1, 0.15) is 5.82 Å². The van der Waals surface area contributed by atoms with Gasteiger partial charge in [0.05, 0.1) is 0 Å². The summed E-state index contributed by atoms with van der Waals surface area (Å²) in [7, 11) is -2.78. The maximum atomic E-state index is 6.96. The van der Waals surface area contributed by atoms with Crippen molar-refractivity contribution in [3.63, 3.8) is 0 Å². The van der Waals surface area contributed by atoms with Gasteiger partial charge < -0.3 is 19.1 Å². The quantitative estimate of drug-likeness (QED) is 0.107. The van der Waals surface area contributed by atoms with Crippen molar-refractivity contribution in [1.29, 1.82) is 0 Å². The number of nitrogens with zero attached hydrogens (tertiary/aromatic N) is 4. The van der Waals surface area contributed by atoms with Crippen molar-refractivity contribution in [2.45, 2.75) is 59.3 Å². The Labute approximate surface area is 497 Å². The molecule has 5 nitrogen and oxygen atoms in total. The van der Waals surface area contributed by atoms with Gasteiger partial charge in [0.25, 0.3) is 0 Å². The topological polar surface area (TPSA) is 33.5 Å². The van der Waals surface area contributed by atoms with E-state index in [1.807, 2.05) is 12.3 Å². The maximum Gasteiger partial charge on any atom is 0.180 e. The molecule has 0 N–H and O–H groups in total. The molecule has 0 radical (unpaired) electrons. The third-order valence-electron chi connectivity index (χ3n) is 16.6. The minimum Gasteiger partial charge on any atom is -0.509 e. The van der Waals surface area contributed by atoms with E-state index in [9.17, 15) is 0 Å². The van der Waals surface area contributed by atoms with Crippen molar-refractivity contribution in [2.75, 3.05) is 9.80 Å². The molecule has 0 unspecified atom stereocenters. The second kappa shape index (κ2) is 20.5. The molecule has 12 aromatic rings. The molecular formula is C75H61N4OPtSi-3. The van der Waals surface area contributed by atoms with Crippen molar-refractivity contribution in [3.8, 4) is 50.7 Å². The Morgan fingerprint density at radius 2 is 1.10 bits per heavy atom. The number of pyridine rings is 1. The van der Waals surface area contributed by atoms with Crippen LogP contribution in [0.4, 0.5) is 22.7 Å². The summed E-state index contributed by atoms with van der Waals surface area (Å²) < 4.78 is 9.26. The van der Waals surface area contributed by atoms with E-state index in [2.05, 4.69) is 306 Å². The predicted octanol–water partition coefficient (Wildman–Crippen LogP) is 16.6. The molecule has 0 amide bonds. The van der Waals surface area contributed by atoms with Gasteiger partial charge >= 0.3 is 0 Å². The average Bonchev–Trinajstić information content (AvgIpc) is 1.84. The van der Waals surface area contributed by atoms with E-state index in [0.717, 1.165) is 56.1 Å². The Hall–Kier alpha value is -8.54. The van der Waals surface area contributed by atoms with E-state index in [1.54, 1.807) is 0 Å². The summed E-state index contributed by atoms with van der Waals surface area (Å²) in [6, 6.07) is 91.8.